The predicted molar refractivity (Wildman–Crippen MR) is 120 cm³/mol. The SMILES string of the molecule is COCCNC(=O)C(c1ccco1)N(C(=O)C(=O)Nc1cccc(C)c1C)C1CCCC1. The van der Waals surface area contributed by atoms with Gasteiger partial charge in [0.1, 0.15) is 5.76 Å². The second-order valence-electron chi connectivity index (χ2n) is 8.05. The molecular weight excluding hydrogens is 410 g/mol. The van der Waals surface area contributed by atoms with E-state index in [1.54, 1.807) is 25.3 Å². The summed E-state index contributed by atoms with van der Waals surface area (Å²) in [4.78, 5) is 41.1. The molecule has 1 saturated carbocycles. The van der Waals surface area contributed by atoms with Gasteiger partial charge in [-0.05, 0) is 56.0 Å². The van der Waals surface area contributed by atoms with Crippen molar-refractivity contribution in [3.8, 4) is 0 Å². The van der Waals surface area contributed by atoms with E-state index in [1.807, 2.05) is 26.0 Å². The van der Waals surface area contributed by atoms with Crippen LogP contribution in [0.15, 0.2) is 41.0 Å². The highest BCUT2D eigenvalue weighted by atomic mass is 16.5. The van der Waals surface area contributed by atoms with Crippen molar-refractivity contribution in [1.29, 1.82) is 0 Å². The molecule has 1 atom stereocenters. The molecule has 1 aromatic heterocycles. The third kappa shape index (κ3) is 5.37. The highest BCUT2D eigenvalue weighted by molar-refractivity contribution is 6.40. The van der Waals surface area contributed by atoms with Crippen molar-refractivity contribution in [1.82, 2.24) is 10.2 Å². The Morgan fingerprint density at radius 1 is 1.16 bits per heavy atom. The molecule has 0 saturated heterocycles. The minimum absolute atomic E-state index is 0.227. The van der Waals surface area contributed by atoms with E-state index in [4.69, 9.17) is 9.15 Å². The van der Waals surface area contributed by atoms with Crippen LogP contribution < -0.4 is 10.6 Å². The van der Waals surface area contributed by atoms with Crippen LogP contribution >= 0.6 is 0 Å². The number of anilines is 1. The van der Waals surface area contributed by atoms with E-state index in [9.17, 15) is 14.4 Å². The summed E-state index contributed by atoms with van der Waals surface area (Å²) >= 11 is 0. The fraction of sp³-hybridized carbons (Fsp3) is 0.458. The molecule has 3 amide bonds. The van der Waals surface area contributed by atoms with Gasteiger partial charge >= 0.3 is 11.8 Å². The Morgan fingerprint density at radius 2 is 1.91 bits per heavy atom. The number of hydrogen-bond donors (Lipinski definition) is 2. The zero-order valence-corrected chi connectivity index (χ0v) is 18.8. The Labute approximate surface area is 188 Å². The first-order chi connectivity index (χ1) is 15.4. The average Bonchev–Trinajstić information content (AvgIpc) is 3.49. The molecular formula is C24H31N3O5. The van der Waals surface area contributed by atoms with Crippen LogP contribution in [0.25, 0.3) is 0 Å². The zero-order chi connectivity index (χ0) is 23.1. The van der Waals surface area contributed by atoms with Gasteiger partial charge in [-0.3, -0.25) is 14.4 Å². The van der Waals surface area contributed by atoms with Crippen LogP contribution in [0.4, 0.5) is 5.69 Å². The quantitative estimate of drug-likeness (QED) is 0.484. The summed E-state index contributed by atoms with van der Waals surface area (Å²) in [5, 5.41) is 5.52. The molecule has 8 nitrogen and oxygen atoms in total. The topological polar surface area (TPSA) is 101 Å². The van der Waals surface area contributed by atoms with E-state index in [2.05, 4.69) is 10.6 Å². The summed E-state index contributed by atoms with van der Waals surface area (Å²) in [6.45, 7) is 4.45. The first-order valence-electron chi connectivity index (χ1n) is 10.9. The maximum absolute atomic E-state index is 13.5. The molecule has 3 rings (SSSR count). The largest absolute Gasteiger partial charge is 0.467 e. The Hall–Kier alpha value is -3.13. The van der Waals surface area contributed by atoms with Crippen LogP contribution in [0.5, 0.6) is 0 Å². The maximum Gasteiger partial charge on any atom is 0.313 e. The number of aryl methyl sites for hydroxylation is 1. The van der Waals surface area contributed by atoms with Crippen LogP contribution in [0.1, 0.15) is 48.6 Å². The van der Waals surface area contributed by atoms with Gasteiger partial charge < -0.3 is 24.7 Å². The Morgan fingerprint density at radius 3 is 2.56 bits per heavy atom. The molecule has 0 radical (unpaired) electrons. The lowest BCUT2D eigenvalue weighted by Crippen LogP contribution is -2.51. The minimum atomic E-state index is -1.04. The number of hydrogen-bond acceptors (Lipinski definition) is 5. The standard InChI is InChI=1S/C24H31N3O5/c1-16-8-6-11-19(17(16)2)26-23(29)24(30)27(18-9-4-5-10-18)21(20-12-7-14-32-20)22(28)25-13-15-31-3/h6-8,11-12,14,18,21H,4-5,9-10,13,15H2,1-3H3,(H,25,28)(H,26,29). The van der Waals surface area contributed by atoms with Crippen molar-refractivity contribution in [2.45, 2.75) is 51.6 Å². The highest BCUT2D eigenvalue weighted by Gasteiger charge is 2.41. The Kier molecular flexibility index (Phi) is 8.05. The molecule has 0 bridgehead atoms. The first-order valence-corrected chi connectivity index (χ1v) is 10.9. The summed E-state index contributed by atoms with van der Waals surface area (Å²) in [6, 6.07) is 7.57. The van der Waals surface area contributed by atoms with Gasteiger partial charge in [0.15, 0.2) is 6.04 Å². The summed E-state index contributed by atoms with van der Waals surface area (Å²) in [7, 11) is 1.54. The van der Waals surface area contributed by atoms with E-state index < -0.39 is 23.8 Å². The third-order valence-electron chi connectivity index (χ3n) is 5.94. The lowest BCUT2D eigenvalue weighted by Gasteiger charge is -2.34. The summed E-state index contributed by atoms with van der Waals surface area (Å²) in [5.74, 6) is -1.61. The summed E-state index contributed by atoms with van der Waals surface area (Å²) in [5.41, 5.74) is 2.48. The van der Waals surface area contributed by atoms with Gasteiger partial charge in [0, 0.05) is 25.4 Å². The number of carbonyl (C=O) groups excluding carboxylic acids is 3. The fourth-order valence-corrected chi connectivity index (χ4v) is 4.07. The lowest BCUT2D eigenvalue weighted by atomic mass is 10.1. The molecule has 0 aliphatic heterocycles. The molecule has 1 aliphatic carbocycles. The maximum atomic E-state index is 13.5. The van der Waals surface area contributed by atoms with Crippen LogP contribution in [0.3, 0.4) is 0 Å². The molecule has 32 heavy (non-hydrogen) atoms. The Bertz CT molecular complexity index is 935. The van der Waals surface area contributed by atoms with Crippen molar-refractivity contribution < 1.29 is 23.5 Å². The van der Waals surface area contributed by atoms with Gasteiger partial charge in [-0.2, -0.15) is 0 Å². The molecule has 0 spiro atoms. The van der Waals surface area contributed by atoms with Crippen LogP contribution in [0, 0.1) is 13.8 Å². The molecule has 2 N–H and O–H groups in total. The Balaban J connectivity index is 1.90. The second-order valence-corrected chi connectivity index (χ2v) is 8.05. The van der Waals surface area contributed by atoms with Crippen LogP contribution in [-0.4, -0.2) is 48.9 Å². The molecule has 8 heteroatoms. The molecule has 1 aliphatic rings. The van der Waals surface area contributed by atoms with Crippen molar-refractivity contribution in [3.63, 3.8) is 0 Å². The van der Waals surface area contributed by atoms with Crippen molar-refractivity contribution in [2.24, 2.45) is 0 Å². The number of ether oxygens (including phenoxy) is 1. The first kappa shape index (κ1) is 23.5. The molecule has 1 unspecified atom stereocenters. The molecule has 1 fully saturated rings. The van der Waals surface area contributed by atoms with E-state index in [1.165, 1.54) is 11.2 Å². The fourth-order valence-electron chi connectivity index (χ4n) is 4.07. The van der Waals surface area contributed by atoms with Gasteiger partial charge in [-0.15, -0.1) is 0 Å². The molecule has 2 aromatic rings. The second kappa shape index (κ2) is 10.9. The van der Waals surface area contributed by atoms with E-state index >= 15 is 0 Å². The van der Waals surface area contributed by atoms with Gasteiger partial charge in [0.05, 0.1) is 12.9 Å². The van der Waals surface area contributed by atoms with E-state index in [0.29, 0.717) is 18.1 Å². The normalized spacial score (nSPS) is 14.7. The summed E-state index contributed by atoms with van der Waals surface area (Å²) < 4.78 is 10.5. The monoisotopic (exact) mass is 441 g/mol. The van der Waals surface area contributed by atoms with Crippen molar-refractivity contribution >= 4 is 23.4 Å². The minimum Gasteiger partial charge on any atom is -0.467 e. The van der Waals surface area contributed by atoms with Gasteiger partial charge in [-0.25, -0.2) is 0 Å². The number of nitrogens with zero attached hydrogens (tertiary/aromatic N) is 1. The number of furan rings is 1. The lowest BCUT2D eigenvalue weighted by molar-refractivity contribution is -0.150. The number of methoxy groups -OCH3 is 1. The van der Waals surface area contributed by atoms with E-state index in [0.717, 1.165) is 36.8 Å². The number of amides is 3. The molecule has 1 heterocycles. The smallest absolute Gasteiger partial charge is 0.313 e. The number of rotatable bonds is 8. The van der Waals surface area contributed by atoms with Crippen molar-refractivity contribution in [2.75, 3.05) is 25.6 Å². The molecule has 172 valence electrons. The highest BCUT2D eigenvalue weighted by Crippen LogP contribution is 2.32. The average molecular weight is 442 g/mol. The third-order valence-corrected chi connectivity index (χ3v) is 5.94. The number of nitrogens with one attached hydrogen (secondary N) is 2. The number of benzene rings is 1. The predicted octanol–water partition coefficient (Wildman–Crippen LogP) is 3.11. The van der Waals surface area contributed by atoms with Crippen molar-refractivity contribution in [3.05, 3.63) is 53.5 Å². The van der Waals surface area contributed by atoms with Crippen LogP contribution in [0.2, 0.25) is 0 Å². The number of carbonyl (C=O) groups is 3. The summed E-state index contributed by atoms with van der Waals surface area (Å²) in [6.07, 6.45) is 4.78. The van der Waals surface area contributed by atoms with Gasteiger partial charge in [0.2, 0.25) is 0 Å². The van der Waals surface area contributed by atoms with Gasteiger partial charge in [-0.1, -0.05) is 25.0 Å². The van der Waals surface area contributed by atoms with Crippen LogP contribution in [-0.2, 0) is 19.1 Å². The van der Waals surface area contributed by atoms with E-state index in [-0.39, 0.29) is 12.6 Å². The molecule has 1 aromatic carbocycles. The zero-order valence-electron chi connectivity index (χ0n) is 18.8. The van der Waals surface area contributed by atoms with Gasteiger partial charge in [0.25, 0.3) is 5.91 Å².